The summed E-state index contributed by atoms with van der Waals surface area (Å²) in [5.41, 5.74) is 1.39. The van der Waals surface area contributed by atoms with Crippen LogP contribution in [0.1, 0.15) is 33.6 Å². The van der Waals surface area contributed by atoms with E-state index in [-0.39, 0.29) is 29.5 Å². The van der Waals surface area contributed by atoms with Crippen molar-refractivity contribution in [2.45, 2.75) is 39.2 Å². The van der Waals surface area contributed by atoms with Crippen molar-refractivity contribution in [3.8, 4) is 0 Å². The van der Waals surface area contributed by atoms with Crippen molar-refractivity contribution in [2.24, 2.45) is 4.99 Å². The zero-order valence-electron chi connectivity index (χ0n) is 16.8. The molecule has 0 amide bonds. The fraction of sp³-hybridized carbons (Fsp3) is 0.650. The van der Waals surface area contributed by atoms with Crippen LogP contribution in [0.25, 0.3) is 0 Å². The highest BCUT2D eigenvalue weighted by Gasteiger charge is 2.16. The SMILES string of the molecule is CN=C(NCCCCN1CCN(c2ccccc2)CC1)NC(C)(C)C.I. The quantitative estimate of drug-likeness (QED) is 0.288. The first-order chi connectivity index (χ1) is 12.0. The van der Waals surface area contributed by atoms with Crippen LogP contribution in [0.3, 0.4) is 0 Å². The lowest BCUT2D eigenvalue weighted by Gasteiger charge is -2.36. The van der Waals surface area contributed by atoms with Gasteiger partial charge in [0.1, 0.15) is 0 Å². The molecule has 1 aliphatic rings. The first-order valence-electron chi connectivity index (χ1n) is 9.49. The van der Waals surface area contributed by atoms with Crippen LogP contribution < -0.4 is 15.5 Å². The number of nitrogens with one attached hydrogen (secondary N) is 2. The van der Waals surface area contributed by atoms with Crippen LogP contribution in [0.5, 0.6) is 0 Å². The van der Waals surface area contributed by atoms with Crippen molar-refractivity contribution in [3.63, 3.8) is 0 Å². The molecule has 1 saturated heterocycles. The normalized spacial score (nSPS) is 16.2. The van der Waals surface area contributed by atoms with Crippen molar-refractivity contribution in [2.75, 3.05) is 51.2 Å². The maximum Gasteiger partial charge on any atom is 0.191 e. The molecule has 0 saturated carbocycles. The number of aliphatic imine (C=N–C) groups is 1. The molecular formula is C20H36IN5. The number of benzene rings is 1. The van der Waals surface area contributed by atoms with E-state index in [0.29, 0.717) is 0 Å². The smallest absolute Gasteiger partial charge is 0.191 e. The highest BCUT2D eigenvalue weighted by Crippen LogP contribution is 2.15. The standard InChI is InChI=1S/C20H35N5.HI/c1-20(2,3)23-19(21-4)22-12-8-9-13-24-14-16-25(17-15-24)18-10-6-5-7-11-18;/h5-7,10-11H,8-9,12-17H2,1-4H3,(H2,21,22,23);1H. The number of para-hydroxylation sites is 1. The Morgan fingerprint density at radius 3 is 2.27 bits per heavy atom. The van der Waals surface area contributed by atoms with Gasteiger partial charge in [0.15, 0.2) is 5.96 Å². The van der Waals surface area contributed by atoms with Crippen molar-refractivity contribution < 1.29 is 0 Å². The molecule has 0 aliphatic carbocycles. The van der Waals surface area contributed by atoms with Crippen LogP contribution in [0.15, 0.2) is 35.3 Å². The van der Waals surface area contributed by atoms with Crippen molar-refractivity contribution in [3.05, 3.63) is 30.3 Å². The van der Waals surface area contributed by atoms with E-state index in [2.05, 4.69) is 76.5 Å². The summed E-state index contributed by atoms with van der Waals surface area (Å²) < 4.78 is 0. The predicted molar refractivity (Wildman–Crippen MR) is 124 cm³/mol. The molecule has 0 unspecified atom stereocenters. The minimum atomic E-state index is 0. The number of halogens is 1. The van der Waals surface area contributed by atoms with Gasteiger partial charge in [0.25, 0.3) is 0 Å². The van der Waals surface area contributed by atoms with E-state index >= 15 is 0 Å². The van der Waals surface area contributed by atoms with Gasteiger partial charge in [-0.3, -0.25) is 9.89 Å². The summed E-state index contributed by atoms with van der Waals surface area (Å²) in [5.74, 6) is 0.893. The Labute approximate surface area is 176 Å². The Morgan fingerprint density at radius 1 is 1.04 bits per heavy atom. The van der Waals surface area contributed by atoms with Crippen molar-refractivity contribution in [1.82, 2.24) is 15.5 Å². The van der Waals surface area contributed by atoms with Crippen LogP contribution >= 0.6 is 24.0 Å². The average Bonchev–Trinajstić information content (AvgIpc) is 2.60. The minimum absolute atomic E-state index is 0. The van der Waals surface area contributed by atoms with E-state index in [1.807, 2.05) is 7.05 Å². The van der Waals surface area contributed by atoms with E-state index in [4.69, 9.17) is 0 Å². The van der Waals surface area contributed by atoms with E-state index < -0.39 is 0 Å². The fourth-order valence-electron chi connectivity index (χ4n) is 3.07. The Hall–Kier alpha value is -1.02. The molecule has 1 aliphatic heterocycles. The van der Waals surface area contributed by atoms with Gasteiger partial charge in [-0.1, -0.05) is 18.2 Å². The van der Waals surface area contributed by atoms with Crippen LogP contribution in [-0.4, -0.2) is 62.7 Å². The lowest BCUT2D eigenvalue weighted by atomic mass is 10.1. The number of nitrogens with zero attached hydrogens (tertiary/aromatic N) is 3. The van der Waals surface area contributed by atoms with Gasteiger partial charge in [0.2, 0.25) is 0 Å². The molecule has 0 spiro atoms. The van der Waals surface area contributed by atoms with Gasteiger partial charge in [0.05, 0.1) is 0 Å². The summed E-state index contributed by atoms with van der Waals surface area (Å²) in [6, 6.07) is 10.7. The number of anilines is 1. The predicted octanol–water partition coefficient (Wildman–Crippen LogP) is 3.17. The van der Waals surface area contributed by atoms with E-state index in [9.17, 15) is 0 Å². The number of piperazine rings is 1. The van der Waals surface area contributed by atoms with Gasteiger partial charge in [-0.15, -0.1) is 24.0 Å². The maximum absolute atomic E-state index is 4.28. The average molecular weight is 473 g/mol. The molecule has 2 N–H and O–H groups in total. The fourth-order valence-corrected chi connectivity index (χ4v) is 3.07. The molecule has 0 radical (unpaired) electrons. The molecular weight excluding hydrogens is 437 g/mol. The second-order valence-corrected chi connectivity index (χ2v) is 7.75. The molecule has 1 aromatic rings. The second-order valence-electron chi connectivity index (χ2n) is 7.75. The summed E-state index contributed by atoms with van der Waals surface area (Å²) in [4.78, 5) is 9.35. The summed E-state index contributed by atoms with van der Waals surface area (Å²) in [6.07, 6.45) is 2.40. The molecule has 26 heavy (non-hydrogen) atoms. The lowest BCUT2D eigenvalue weighted by molar-refractivity contribution is 0.253. The van der Waals surface area contributed by atoms with E-state index in [0.717, 1.165) is 38.7 Å². The molecule has 5 nitrogen and oxygen atoms in total. The highest BCUT2D eigenvalue weighted by molar-refractivity contribution is 14.0. The van der Waals surface area contributed by atoms with E-state index in [1.54, 1.807) is 0 Å². The zero-order valence-corrected chi connectivity index (χ0v) is 19.1. The number of rotatable bonds is 6. The van der Waals surface area contributed by atoms with Gasteiger partial charge in [-0.05, 0) is 52.3 Å². The Kier molecular flexibility index (Phi) is 10.3. The molecule has 2 rings (SSSR count). The molecule has 0 aromatic heterocycles. The Morgan fingerprint density at radius 2 is 1.69 bits per heavy atom. The van der Waals surface area contributed by atoms with Crippen molar-refractivity contribution >= 4 is 35.6 Å². The Balaban J connectivity index is 0.00000338. The highest BCUT2D eigenvalue weighted by atomic mass is 127. The molecule has 148 valence electrons. The third kappa shape index (κ3) is 8.58. The first-order valence-corrected chi connectivity index (χ1v) is 9.49. The summed E-state index contributed by atoms with van der Waals surface area (Å²) in [5, 5.41) is 6.79. The topological polar surface area (TPSA) is 42.9 Å². The zero-order chi connectivity index (χ0) is 18.1. The van der Waals surface area contributed by atoms with Crippen LogP contribution in [0, 0.1) is 0 Å². The second kappa shape index (κ2) is 11.6. The molecule has 1 heterocycles. The minimum Gasteiger partial charge on any atom is -0.369 e. The molecule has 1 aromatic carbocycles. The molecule has 0 bridgehead atoms. The van der Waals surface area contributed by atoms with Crippen molar-refractivity contribution in [1.29, 1.82) is 0 Å². The van der Waals surface area contributed by atoms with E-state index in [1.165, 1.54) is 25.1 Å². The molecule has 6 heteroatoms. The van der Waals surface area contributed by atoms with Gasteiger partial charge in [0, 0.05) is 51.0 Å². The van der Waals surface area contributed by atoms with Crippen LogP contribution in [0.2, 0.25) is 0 Å². The Bertz CT molecular complexity index is 519. The number of guanidine groups is 1. The van der Waals surface area contributed by atoms with Gasteiger partial charge in [-0.25, -0.2) is 0 Å². The molecule has 0 atom stereocenters. The first kappa shape index (κ1) is 23.0. The third-order valence-electron chi connectivity index (χ3n) is 4.40. The van der Waals surface area contributed by atoms with Crippen LogP contribution in [0.4, 0.5) is 5.69 Å². The number of unbranched alkanes of at least 4 members (excludes halogenated alkanes) is 1. The third-order valence-corrected chi connectivity index (χ3v) is 4.40. The van der Waals surface area contributed by atoms with Gasteiger partial charge in [-0.2, -0.15) is 0 Å². The summed E-state index contributed by atoms with van der Waals surface area (Å²) >= 11 is 0. The summed E-state index contributed by atoms with van der Waals surface area (Å²) in [6.45, 7) is 13.2. The maximum atomic E-state index is 4.28. The largest absolute Gasteiger partial charge is 0.369 e. The van der Waals surface area contributed by atoms with Gasteiger partial charge >= 0.3 is 0 Å². The van der Waals surface area contributed by atoms with Gasteiger partial charge < -0.3 is 15.5 Å². The summed E-state index contributed by atoms with van der Waals surface area (Å²) in [7, 11) is 1.83. The number of hydrogen-bond acceptors (Lipinski definition) is 3. The molecule has 1 fully saturated rings. The lowest BCUT2D eigenvalue weighted by Crippen LogP contribution is -2.48. The monoisotopic (exact) mass is 473 g/mol. The van der Waals surface area contributed by atoms with Crippen LogP contribution in [-0.2, 0) is 0 Å². The number of hydrogen-bond donors (Lipinski definition) is 2.